The minimum atomic E-state index is -1.74. The van der Waals surface area contributed by atoms with Gasteiger partial charge in [0.15, 0.2) is 8.32 Å². The van der Waals surface area contributed by atoms with Gasteiger partial charge in [-0.2, -0.15) is 0 Å². The van der Waals surface area contributed by atoms with Gasteiger partial charge in [0.05, 0.1) is 12.5 Å². The Hall–Kier alpha value is -0.353. The van der Waals surface area contributed by atoms with E-state index in [4.69, 9.17) is 10.2 Å². The van der Waals surface area contributed by atoms with Gasteiger partial charge in [-0.05, 0) is 25.1 Å². The minimum Gasteiger partial charge on any atom is -0.414 e. The van der Waals surface area contributed by atoms with E-state index in [1.807, 2.05) is 6.92 Å². The summed E-state index contributed by atoms with van der Waals surface area (Å²) in [6, 6.07) is 0. The molecule has 0 aliphatic carbocycles. The van der Waals surface area contributed by atoms with Gasteiger partial charge in [0.2, 0.25) is 5.91 Å². The van der Waals surface area contributed by atoms with Gasteiger partial charge in [-0.15, -0.1) is 0 Å². The fraction of sp³-hybridized carbons (Fsp3) is 0.900. The Labute approximate surface area is 88.1 Å². The molecule has 0 rings (SSSR count). The van der Waals surface area contributed by atoms with Crippen molar-refractivity contribution >= 4 is 14.2 Å². The second-order valence-corrected chi connectivity index (χ2v) is 10.1. The van der Waals surface area contributed by atoms with Crippen molar-refractivity contribution in [2.75, 3.05) is 0 Å². The number of carbonyl (C=O) groups excluding carboxylic acids is 1. The second kappa shape index (κ2) is 4.44. The van der Waals surface area contributed by atoms with Crippen molar-refractivity contribution in [1.82, 2.24) is 0 Å². The Morgan fingerprint density at radius 3 is 2.14 bits per heavy atom. The third-order valence-electron chi connectivity index (χ3n) is 2.79. The molecule has 0 spiro atoms. The Balaban J connectivity index is 4.29. The third kappa shape index (κ3) is 4.24. The smallest absolute Gasteiger partial charge is 0.219 e. The van der Waals surface area contributed by atoms with Crippen LogP contribution in [0.1, 0.15) is 34.1 Å². The fourth-order valence-electron chi connectivity index (χ4n) is 1.00. The zero-order chi connectivity index (χ0) is 11.6. The summed E-state index contributed by atoms with van der Waals surface area (Å²) >= 11 is 0. The SMILES string of the molecule is C[C@H](CC(N)=O)O[Si](C)(C)C(C)(C)C. The van der Waals surface area contributed by atoms with Crippen LogP contribution in [0, 0.1) is 0 Å². The van der Waals surface area contributed by atoms with Crippen LogP contribution in [-0.2, 0) is 9.22 Å². The molecule has 0 unspecified atom stereocenters. The van der Waals surface area contributed by atoms with Crippen LogP contribution in [0.4, 0.5) is 0 Å². The maximum absolute atomic E-state index is 10.7. The zero-order valence-corrected chi connectivity index (χ0v) is 11.2. The predicted molar refractivity (Wildman–Crippen MR) is 61.6 cm³/mol. The van der Waals surface area contributed by atoms with E-state index in [0.717, 1.165) is 0 Å². The maximum Gasteiger partial charge on any atom is 0.219 e. The summed E-state index contributed by atoms with van der Waals surface area (Å²) in [5.41, 5.74) is 5.12. The first kappa shape index (κ1) is 13.6. The number of hydrogen-bond acceptors (Lipinski definition) is 2. The average molecular weight is 217 g/mol. The van der Waals surface area contributed by atoms with Gasteiger partial charge in [0.25, 0.3) is 0 Å². The van der Waals surface area contributed by atoms with Crippen LogP contribution in [0.5, 0.6) is 0 Å². The quantitative estimate of drug-likeness (QED) is 0.734. The summed E-state index contributed by atoms with van der Waals surface area (Å²) in [5, 5.41) is 0.179. The number of carbonyl (C=O) groups is 1. The van der Waals surface area contributed by atoms with Gasteiger partial charge in [-0.25, -0.2) is 0 Å². The first-order chi connectivity index (χ1) is 6.06. The lowest BCUT2D eigenvalue weighted by atomic mass is 10.2. The third-order valence-corrected chi connectivity index (χ3v) is 7.39. The van der Waals surface area contributed by atoms with Gasteiger partial charge in [-0.1, -0.05) is 20.8 Å². The molecule has 0 saturated carbocycles. The molecule has 0 aromatic rings. The fourth-order valence-corrected chi connectivity index (χ4v) is 2.45. The largest absolute Gasteiger partial charge is 0.414 e. The van der Waals surface area contributed by atoms with Crippen molar-refractivity contribution in [3.63, 3.8) is 0 Å². The summed E-state index contributed by atoms with van der Waals surface area (Å²) in [7, 11) is -1.74. The molecule has 14 heavy (non-hydrogen) atoms. The summed E-state index contributed by atoms with van der Waals surface area (Å²) in [4.78, 5) is 10.7. The molecular weight excluding hydrogens is 194 g/mol. The van der Waals surface area contributed by atoms with Crippen molar-refractivity contribution in [3.8, 4) is 0 Å². The minimum absolute atomic E-state index is 0.0617. The average Bonchev–Trinajstić information content (AvgIpc) is 1.79. The zero-order valence-electron chi connectivity index (χ0n) is 10.2. The molecule has 0 aromatic heterocycles. The lowest BCUT2D eigenvalue weighted by Gasteiger charge is -2.38. The lowest BCUT2D eigenvalue weighted by molar-refractivity contribution is -0.119. The molecule has 0 aliphatic heterocycles. The predicted octanol–water partition coefficient (Wildman–Crippen LogP) is 2.27. The van der Waals surface area contributed by atoms with E-state index < -0.39 is 8.32 Å². The molecule has 0 aliphatic rings. The summed E-state index contributed by atoms with van der Waals surface area (Å²) in [6.45, 7) is 12.8. The van der Waals surface area contributed by atoms with E-state index in [0.29, 0.717) is 6.42 Å². The molecule has 0 fully saturated rings. The summed E-state index contributed by atoms with van der Waals surface area (Å²) < 4.78 is 5.95. The highest BCUT2D eigenvalue weighted by atomic mass is 28.4. The van der Waals surface area contributed by atoms with Crippen molar-refractivity contribution in [3.05, 3.63) is 0 Å². The summed E-state index contributed by atoms with van der Waals surface area (Å²) in [5.74, 6) is -0.295. The molecule has 0 bridgehead atoms. The van der Waals surface area contributed by atoms with Crippen molar-refractivity contribution in [2.24, 2.45) is 5.73 Å². The maximum atomic E-state index is 10.7. The molecule has 1 atom stereocenters. The molecule has 84 valence electrons. The molecule has 2 N–H and O–H groups in total. The van der Waals surface area contributed by atoms with Crippen LogP contribution >= 0.6 is 0 Å². The molecule has 0 radical (unpaired) electrons. The van der Waals surface area contributed by atoms with Crippen LogP contribution in [0.2, 0.25) is 18.1 Å². The molecule has 0 saturated heterocycles. The van der Waals surface area contributed by atoms with E-state index in [1.54, 1.807) is 0 Å². The van der Waals surface area contributed by atoms with Crippen molar-refractivity contribution in [2.45, 2.75) is 58.4 Å². The Kier molecular flexibility index (Phi) is 4.33. The van der Waals surface area contributed by atoms with Gasteiger partial charge < -0.3 is 10.2 Å². The van der Waals surface area contributed by atoms with Gasteiger partial charge in [-0.3, -0.25) is 4.79 Å². The van der Waals surface area contributed by atoms with Crippen LogP contribution in [0.25, 0.3) is 0 Å². The van der Waals surface area contributed by atoms with Crippen LogP contribution < -0.4 is 5.73 Å². The van der Waals surface area contributed by atoms with Crippen molar-refractivity contribution in [1.29, 1.82) is 0 Å². The number of hydrogen-bond donors (Lipinski definition) is 1. The van der Waals surface area contributed by atoms with E-state index in [1.165, 1.54) is 0 Å². The highest BCUT2D eigenvalue weighted by molar-refractivity contribution is 6.74. The Morgan fingerprint density at radius 1 is 1.43 bits per heavy atom. The standard InChI is InChI=1S/C10H23NO2Si/c1-8(7-9(11)12)13-14(5,6)10(2,3)4/h8H,7H2,1-6H3,(H2,11,12)/t8-/m1/s1. The molecule has 0 heterocycles. The van der Waals surface area contributed by atoms with E-state index in [2.05, 4.69) is 33.9 Å². The molecular formula is C10H23NO2Si. The van der Waals surface area contributed by atoms with Gasteiger partial charge >= 0.3 is 0 Å². The highest BCUT2D eigenvalue weighted by Gasteiger charge is 2.38. The molecule has 0 aromatic carbocycles. The number of nitrogens with two attached hydrogens (primary N) is 1. The molecule has 3 nitrogen and oxygen atoms in total. The van der Waals surface area contributed by atoms with Gasteiger partial charge in [0.1, 0.15) is 0 Å². The Morgan fingerprint density at radius 2 is 1.86 bits per heavy atom. The van der Waals surface area contributed by atoms with E-state index in [-0.39, 0.29) is 17.0 Å². The normalized spacial score (nSPS) is 15.3. The van der Waals surface area contributed by atoms with Gasteiger partial charge in [0, 0.05) is 0 Å². The molecule has 4 heteroatoms. The highest BCUT2D eigenvalue weighted by Crippen LogP contribution is 2.37. The van der Waals surface area contributed by atoms with Crippen LogP contribution in [-0.4, -0.2) is 20.3 Å². The number of primary amides is 1. The Bertz CT molecular complexity index is 209. The van der Waals surface area contributed by atoms with E-state index in [9.17, 15) is 4.79 Å². The topological polar surface area (TPSA) is 52.3 Å². The molecule has 1 amide bonds. The first-order valence-electron chi connectivity index (χ1n) is 5.02. The number of amides is 1. The number of rotatable bonds is 4. The summed E-state index contributed by atoms with van der Waals surface area (Å²) in [6.07, 6.45) is 0.250. The monoisotopic (exact) mass is 217 g/mol. The van der Waals surface area contributed by atoms with E-state index >= 15 is 0 Å². The lowest BCUT2D eigenvalue weighted by Crippen LogP contribution is -2.44. The van der Waals surface area contributed by atoms with Crippen molar-refractivity contribution < 1.29 is 9.22 Å². The van der Waals surface area contributed by atoms with Crippen LogP contribution in [0.15, 0.2) is 0 Å². The first-order valence-corrected chi connectivity index (χ1v) is 7.93. The van der Waals surface area contributed by atoms with Crippen LogP contribution in [0.3, 0.4) is 0 Å². The second-order valence-electron chi connectivity index (χ2n) is 5.36.